The van der Waals surface area contributed by atoms with Crippen LogP contribution >= 0.6 is 0 Å². The van der Waals surface area contributed by atoms with Gasteiger partial charge in [-0.15, -0.1) is 0 Å². The molecular formula is C16H16N6O3. The monoisotopic (exact) mass is 340 g/mol. The number of aromatic nitrogens is 4. The number of methoxy groups -OCH3 is 1. The number of carbonyl (C=O) groups excluding carboxylic acids is 2. The lowest BCUT2D eigenvalue weighted by atomic mass is 10.4. The van der Waals surface area contributed by atoms with Crippen LogP contribution in [-0.2, 0) is 16.1 Å². The third kappa shape index (κ3) is 3.55. The molecule has 9 heteroatoms. The van der Waals surface area contributed by atoms with E-state index in [9.17, 15) is 9.59 Å². The van der Waals surface area contributed by atoms with E-state index in [2.05, 4.69) is 25.6 Å². The number of ether oxygens (including phenoxy) is 1. The largest absolute Gasteiger partial charge is 0.479 e. The topological polar surface area (TPSA) is 111 Å². The van der Waals surface area contributed by atoms with Crippen molar-refractivity contribution < 1.29 is 14.3 Å². The maximum Gasteiger partial charge on any atom is 0.313 e. The van der Waals surface area contributed by atoms with E-state index < -0.39 is 11.8 Å². The first-order chi connectivity index (χ1) is 12.1. The Bertz CT molecular complexity index is 937. The maximum atomic E-state index is 12.0. The molecule has 0 aliphatic carbocycles. The van der Waals surface area contributed by atoms with Crippen molar-refractivity contribution in [3.63, 3.8) is 0 Å². The molecule has 0 aromatic carbocycles. The van der Waals surface area contributed by atoms with Crippen LogP contribution in [0.1, 0.15) is 11.4 Å². The third-order valence-electron chi connectivity index (χ3n) is 3.50. The number of fused-ring (bicyclic) bond motifs is 1. The van der Waals surface area contributed by atoms with Crippen molar-refractivity contribution >= 4 is 23.1 Å². The van der Waals surface area contributed by atoms with Crippen LogP contribution in [0.25, 0.3) is 5.65 Å². The number of carbonyl (C=O) groups is 2. The van der Waals surface area contributed by atoms with Gasteiger partial charge in [0.1, 0.15) is 17.7 Å². The molecule has 0 saturated carbocycles. The van der Waals surface area contributed by atoms with E-state index in [-0.39, 0.29) is 18.1 Å². The maximum absolute atomic E-state index is 12.0. The molecule has 0 radical (unpaired) electrons. The van der Waals surface area contributed by atoms with E-state index in [1.54, 1.807) is 0 Å². The van der Waals surface area contributed by atoms with E-state index >= 15 is 0 Å². The van der Waals surface area contributed by atoms with E-state index in [1.807, 2.05) is 35.7 Å². The molecule has 0 bridgehead atoms. The van der Waals surface area contributed by atoms with Gasteiger partial charge in [-0.05, 0) is 19.1 Å². The highest BCUT2D eigenvalue weighted by molar-refractivity contribution is 6.39. The highest BCUT2D eigenvalue weighted by Crippen LogP contribution is 2.18. The minimum absolute atomic E-state index is 0.135. The van der Waals surface area contributed by atoms with Gasteiger partial charge in [-0.25, -0.2) is 9.97 Å². The second-order valence-corrected chi connectivity index (χ2v) is 5.21. The fourth-order valence-electron chi connectivity index (χ4n) is 2.28. The summed E-state index contributed by atoms with van der Waals surface area (Å²) >= 11 is 0. The van der Waals surface area contributed by atoms with Crippen LogP contribution in [0, 0.1) is 6.92 Å². The predicted molar refractivity (Wildman–Crippen MR) is 89.0 cm³/mol. The van der Waals surface area contributed by atoms with Gasteiger partial charge in [0.05, 0.1) is 25.5 Å². The number of imidazole rings is 1. The van der Waals surface area contributed by atoms with Crippen molar-refractivity contribution in [1.29, 1.82) is 0 Å². The van der Waals surface area contributed by atoms with Gasteiger partial charge in [-0.2, -0.15) is 4.98 Å². The highest BCUT2D eigenvalue weighted by Gasteiger charge is 2.16. The molecule has 0 aliphatic heterocycles. The van der Waals surface area contributed by atoms with E-state index in [1.165, 1.54) is 19.6 Å². The number of hydrogen-bond donors (Lipinski definition) is 2. The molecule has 0 atom stereocenters. The number of aryl methyl sites for hydroxylation is 1. The van der Waals surface area contributed by atoms with Gasteiger partial charge < -0.3 is 19.8 Å². The van der Waals surface area contributed by atoms with Crippen LogP contribution < -0.4 is 15.4 Å². The Hall–Kier alpha value is -3.49. The summed E-state index contributed by atoms with van der Waals surface area (Å²) in [6, 6.07) is 5.73. The molecule has 3 rings (SSSR count). The zero-order valence-corrected chi connectivity index (χ0v) is 13.7. The summed E-state index contributed by atoms with van der Waals surface area (Å²) in [5.41, 5.74) is 2.67. The van der Waals surface area contributed by atoms with Gasteiger partial charge in [-0.3, -0.25) is 9.59 Å². The highest BCUT2D eigenvalue weighted by atomic mass is 16.5. The first-order valence-electron chi connectivity index (χ1n) is 7.45. The third-order valence-corrected chi connectivity index (χ3v) is 3.50. The fraction of sp³-hybridized carbons (Fsp3) is 0.188. The summed E-state index contributed by atoms with van der Waals surface area (Å²) in [5, 5.41) is 4.94. The van der Waals surface area contributed by atoms with Gasteiger partial charge in [0, 0.05) is 11.9 Å². The van der Waals surface area contributed by atoms with Crippen LogP contribution in [0.3, 0.4) is 0 Å². The number of rotatable bonds is 4. The van der Waals surface area contributed by atoms with Gasteiger partial charge in [-0.1, -0.05) is 6.07 Å². The van der Waals surface area contributed by atoms with Crippen molar-refractivity contribution in [3.8, 4) is 5.88 Å². The Morgan fingerprint density at radius 3 is 2.88 bits per heavy atom. The summed E-state index contributed by atoms with van der Waals surface area (Å²) in [7, 11) is 1.41. The second kappa shape index (κ2) is 6.95. The Morgan fingerprint density at radius 2 is 2.12 bits per heavy atom. The summed E-state index contributed by atoms with van der Waals surface area (Å²) in [5.74, 6) is -1.46. The number of nitrogens with one attached hydrogen (secondary N) is 2. The number of anilines is 1. The van der Waals surface area contributed by atoms with Crippen LogP contribution in [0.4, 0.5) is 5.69 Å². The van der Waals surface area contributed by atoms with E-state index in [4.69, 9.17) is 4.74 Å². The SMILES string of the molecule is COc1ncncc1NC(=O)C(=O)NCc1cn2c(C)cccc2n1. The first-order valence-corrected chi connectivity index (χ1v) is 7.45. The lowest BCUT2D eigenvalue weighted by Gasteiger charge is -2.07. The smallest absolute Gasteiger partial charge is 0.313 e. The second-order valence-electron chi connectivity index (χ2n) is 5.21. The van der Waals surface area contributed by atoms with Crippen LogP contribution in [0.15, 0.2) is 36.9 Å². The molecule has 3 heterocycles. The normalized spacial score (nSPS) is 10.5. The first kappa shape index (κ1) is 16.4. The minimum Gasteiger partial charge on any atom is -0.479 e. The molecule has 0 aliphatic rings. The molecule has 3 aromatic rings. The van der Waals surface area contributed by atoms with Crippen molar-refractivity contribution in [2.45, 2.75) is 13.5 Å². The number of amides is 2. The van der Waals surface area contributed by atoms with Crippen molar-refractivity contribution in [1.82, 2.24) is 24.7 Å². The van der Waals surface area contributed by atoms with Crippen molar-refractivity contribution in [2.24, 2.45) is 0 Å². The standard InChI is InChI=1S/C16H16N6O3/c1-10-4-3-5-13-20-11(8-22(10)13)6-18-14(23)15(24)21-12-7-17-9-19-16(12)25-2/h3-5,7-9H,6H2,1-2H3,(H,18,23)(H,21,24). The summed E-state index contributed by atoms with van der Waals surface area (Å²) < 4.78 is 6.90. The summed E-state index contributed by atoms with van der Waals surface area (Å²) in [6.45, 7) is 2.09. The zero-order valence-electron chi connectivity index (χ0n) is 13.7. The molecule has 0 fully saturated rings. The molecular weight excluding hydrogens is 324 g/mol. The van der Waals surface area contributed by atoms with E-state index in [0.717, 1.165) is 11.3 Å². The quantitative estimate of drug-likeness (QED) is 0.676. The van der Waals surface area contributed by atoms with E-state index in [0.29, 0.717) is 5.69 Å². The number of nitrogens with zero attached hydrogens (tertiary/aromatic N) is 4. The predicted octanol–water partition coefficient (Wildman–Crippen LogP) is 0.696. The summed E-state index contributed by atoms with van der Waals surface area (Å²) in [4.78, 5) is 35.9. The van der Waals surface area contributed by atoms with Crippen LogP contribution in [0.2, 0.25) is 0 Å². The lowest BCUT2D eigenvalue weighted by Crippen LogP contribution is -2.35. The average Bonchev–Trinajstić information content (AvgIpc) is 3.04. The van der Waals surface area contributed by atoms with Gasteiger partial charge in [0.15, 0.2) is 0 Å². The van der Waals surface area contributed by atoms with Gasteiger partial charge in [0.2, 0.25) is 5.88 Å². The van der Waals surface area contributed by atoms with Crippen molar-refractivity contribution in [2.75, 3.05) is 12.4 Å². The molecule has 25 heavy (non-hydrogen) atoms. The molecule has 2 amide bonds. The van der Waals surface area contributed by atoms with Crippen LogP contribution in [0.5, 0.6) is 5.88 Å². The molecule has 128 valence electrons. The lowest BCUT2D eigenvalue weighted by molar-refractivity contribution is -0.136. The van der Waals surface area contributed by atoms with Gasteiger partial charge in [0.25, 0.3) is 0 Å². The Morgan fingerprint density at radius 1 is 1.28 bits per heavy atom. The average molecular weight is 340 g/mol. The molecule has 0 saturated heterocycles. The van der Waals surface area contributed by atoms with Crippen molar-refractivity contribution in [3.05, 3.63) is 48.3 Å². The number of pyridine rings is 1. The minimum atomic E-state index is -0.840. The van der Waals surface area contributed by atoms with Crippen LogP contribution in [-0.4, -0.2) is 38.3 Å². The zero-order chi connectivity index (χ0) is 17.8. The molecule has 2 N–H and O–H groups in total. The molecule has 0 spiro atoms. The Balaban J connectivity index is 1.63. The van der Waals surface area contributed by atoms with Gasteiger partial charge >= 0.3 is 11.8 Å². The number of hydrogen-bond acceptors (Lipinski definition) is 6. The summed E-state index contributed by atoms with van der Waals surface area (Å²) in [6.07, 6.45) is 4.44. The Labute approximate surface area is 143 Å². The molecule has 3 aromatic heterocycles. The fourth-order valence-corrected chi connectivity index (χ4v) is 2.28. The molecule has 9 nitrogen and oxygen atoms in total. The molecule has 0 unspecified atom stereocenters. The Kier molecular flexibility index (Phi) is 4.55.